The molecule has 2 unspecified atom stereocenters. The Kier molecular flexibility index (Phi) is 8.56. The lowest BCUT2D eigenvalue weighted by molar-refractivity contribution is 0.225. The summed E-state index contributed by atoms with van der Waals surface area (Å²) in [6.45, 7) is 0. The van der Waals surface area contributed by atoms with Crippen LogP contribution in [-0.2, 0) is 0 Å². The molecule has 0 saturated carbocycles. The van der Waals surface area contributed by atoms with Crippen LogP contribution in [0.1, 0.15) is 28.8 Å². The van der Waals surface area contributed by atoms with E-state index in [1.165, 1.54) is 33.2 Å². The van der Waals surface area contributed by atoms with Crippen molar-refractivity contribution in [3.05, 3.63) is 229 Å². The van der Waals surface area contributed by atoms with Gasteiger partial charge in [0, 0.05) is 39.2 Å². The smallest absolute Gasteiger partial charge is 0.167 e. The van der Waals surface area contributed by atoms with Crippen molar-refractivity contribution in [1.82, 2.24) is 19.5 Å². The Bertz CT molecular complexity index is 3320. The van der Waals surface area contributed by atoms with Crippen molar-refractivity contribution < 1.29 is 4.74 Å². The number of rotatable bonds is 7. The minimum absolute atomic E-state index is 0.0217. The van der Waals surface area contributed by atoms with Crippen molar-refractivity contribution in [2.45, 2.75) is 12.0 Å². The van der Waals surface area contributed by atoms with Gasteiger partial charge in [-0.15, -0.1) is 0 Å². The van der Waals surface area contributed by atoms with Crippen LogP contribution in [0.15, 0.2) is 212 Å². The molecule has 0 bridgehead atoms. The fourth-order valence-electron chi connectivity index (χ4n) is 9.27. The van der Waals surface area contributed by atoms with Crippen molar-refractivity contribution >= 4 is 17.0 Å². The fourth-order valence-corrected chi connectivity index (χ4v) is 9.27. The maximum Gasteiger partial charge on any atom is 0.167 e. The number of hydrogen-bond donors (Lipinski definition) is 0. The summed E-state index contributed by atoms with van der Waals surface area (Å²) in [7, 11) is 0. The molecule has 292 valence electrons. The lowest BCUT2D eigenvalue weighted by Crippen LogP contribution is -2.13. The molecule has 12 rings (SSSR count). The average Bonchev–Trinajstić information content (AvgIpc) is 3.91. The Balaban J connectivity index is 0.931. The molecule has 1 aliphatic heterocycles. The second-order valence-corrected chi connectivity index (χ2v) is 15.9. The van der Waals surface area contributed by atoms with Gasteiger partial charge >= 0.3 is 0 Å². The van der Waals surface area contributed by atoms with Gasteiger partial charge in [-0.1, -0.05) is 176 Å². The second-order valence-electron chi connectivity index (χ2n) is 15.9. The van der Waals surface area contributed by atoms with E-state index in [1.807, 2.05) is 36.4 Å². The van der Waals surface area contributed by atoms with Crippen LogP contribution in [-0.4, -0.2) is 19.5 Å². The van der Waals surface area contributed by atoms with Crippen LogP contribution in [0.2, 0.25) is 0 Å². The van der Waals surface area contributed by atoms with Gasteiger partial charge in [0.05, 0.1) is 16.8 Å². The molecule has 0 fully saturated rings. The van der Waals surface area contributed by atoms with Crippen molar-refractivity contribution in [1.29, 1.82) is 0 Å². The Morgan fingerprint density at radius 3 is 1.61 bits per heavy atom. The summed E-state index contributed by atoms with van der Waals surface area (Å²) in [4.78, 5) is 15.4. The first-order chi connectivity index (χ1) is 30.7. The summed E-state index contributed by atoms with van der Waals surface area (Å²) in [5.74, 6) is 2.64. The summed E-state index contributed by atoms with van der Waals surface area (Å²) >= 11 is 0. The van der Waals surface area contributed by atoms with Gasteiger partial charge in [-0.2, -0.15) is 0 Å². The van der Waals surface area contributed by atoms with Gasteiger partial charge in [0.2, 0.25) is 0 Å². The number of benzene rings is 8. The zero-order chi connectivity index (χ0) is 41.0. The van der Waals surface area contributed by atoms with E-state index in [-0.39, 0.29) is 12.0 Å². The van der Waals surface area contributed by atoms with E-state index in [2.05, 4.69) is 187 Å². The maximum absolute atomic E-state index is 7.21. The maximum atomic E-state index is 7.21. The summed E-state index contributed by atoms with van der Waals surface area (Å²) in [6, 6.07) is 72.3. The number of hydrogen-bond acceptors (Lipinski definition) is 4. The van der Waals surface area contributed by atoms with Crippen LogP contribution in [0.25, 0.3) is 90.2 Å². The molecule has 5 heteroatoms. The van der Waals surface area contributed by atoms with Gasteiger partial charge < -0.3 is 9.30 Å². The van der Waals surface area contributed by atoms with Crippen molar-refractivity contribution in [2.24, 2.45) is 0 Å². The van der Waals surface area contributed by atoms with Crippen LogP contribution < -0.4 is 4.74 Å². The molecule has 2 atom stereocenters. The summed E-state index contributed by atoms with van der Waals surface area (Å²) in [6.07, 6.45) is 4.37. The predicted octanol–water partition coefficient (Wildman–Crippen LogP) is 14.1. The van der Waals surface area contributed by atoms with Crippen molar-refractivity contribution in [3.63, 3.8) is 0 Å². The number of fused-ring (bicyclic) bond motifs is 7. The van der Waals surface area contributed by atoms with E-state index in [4.69, 9.17) is 19.7 Å². The largest absolute Gasteiger partial charge is 0.484 e. The third kappa shape index (κ3) is 6.13. The van der Waals surface area contributed by atoms with E-state index in [0.29, 0.717) is 17.5 Å². The van der Waals surface area contributed by atoms with E-state index < -0.39 is 0 Å². The molecule has 8 aromatic carbocycles. The standard InChI is InChI=1S/C57H38N4O/c1-4-15-37(16-5-1)41-21-12-22-42(35-41)39-29-31-45(32-30-39)61-50-28-11-10-25-48(50)52-51(61)34-33-47-46-26-14-27-49(53(46)62-54(47)52)57-59-55(40-19-8-3-9-20-40)58-56(60-57)44-24-13-23-43(36-44)38-17-6-2-7-18-38/h1-36,47,54H. The number of ether oxygens (including phenoxy) is 1. The third-order valence-electron chi connectivity index (χ3n) is 12.2. The Morgan fingerprint density at radius 1 is 0.419 bits per heavy atom. The van der Waals surface area contributed by atoms with Crippen LogP contribution in [0, 0.1) is 0 Å². The molecule has 0 saturated heterocycles. The average molecular weight is 795 g/mol. The molecule has 0 spiro atoms. The van der Waals surface area contributed by atoms with Crippen LogP contribution >= 0.6 is 0 Å². The topological polar surface area (TPSA) is 52.8 Å². The number of para-hydroxylation sites is 2. The Labute approximate surface area is 360 Å². The van der Waals surface area contributed by atoms with E-state index in [1.54, 1.807) is 0 Å². The monoisotopic (exact) mass is 794 g/mol. The summed E-state index contributed by atoms with van der Waals surface area (Å²) in [5.41, 5.74) is 15.4. The molecule has 2 aromatic heterocycles. The Morgan fingerprint density at radius 2 is 0.935 bits per heavy atom. The fraction of sp³-hybridized carbons (Fsp3) is 0.0351. The van der Waals surface area contributed by atoms with Gasteiger partial charge in [-0.3, -0.25) is 0 Å². The van der Waals surface area contributed by atoms with Gasteiger partial charge in [-0.05, 0) is 75.9 Å². The number of aromatic nitrogens is 4. The predicted molar refractivity (Wildman–Crippen MR) is 251 cm³/mol. The summed E-state index contributed by atoms with van der Waals surface area (Å²) < 4.78 is 9.59. The SMILES string of the molecule is C1=CC2c3cccc(-c4nc(-c5ccccc5)nc(-c5cccc(-c6ccccc6)c5)n4)c3OC2c2c1n(-c1ccc(-c3cccc(-c4ccccc4)c3)cc1)c1ccccc21. The minimum atomic E-state index is -0.227. The molecule has 5 nitrogen and oxygen atoms in total. The first-order valence-electron chi connectivity index (χ1n) is 21.1. The highest BCUT2D eigenvalue weighted by molar-refractivity contribution is 5.92. The lowest BCUT2D eigenvalue weighted by atomic mass is 9.85. The highest BCUT2D eigenvalue weighted by Crippen LogP contribution is 2.55. The zero-order valence-corrected chi connectivity index (χ0v) is 33.6. The van der Waals surface area contributed by atoms with Crippen molar-refractivity contribution in [2.75, 3.05) is 0 Å². The molecule has 62 heavy (non-hydrogen) atoms. The molecule has 0 radical (unpaired) electrons. The molecule has 0 amide bonds. The van der Waals surface area contributed by atoms with Crippen molar-refractivity contribution in [3.8, 4) is 79.0 Å². The van der Waals surface area contributed by atoms with Gasteiger partial charge in [0.15, 0.2) is 17.5 Å². The first kappa shape index (κ1) is 35.8. The normalized spacial score (nSPS) is 14.8. The molecule has 3 heterocycles. The zero-order valence-electron chi connectivity index (χ0n) is 33.6. The van der Waals surface area contributed by atoms with Crippen LogP contribution in [0.5, 0.6) is 5.75 Å². The van der Waals surface area contributed by atoms with E-state index in [0.717, 1.165) is 56.0 Å². The van der Waals surface area contributed by atoms with Crippen LogP contribution in [0.3, 0.4) is 0 Å². The van der Waals surface area contributed by atoms with Gasteiger partial charge in [-0.25, -0.2) is 15.0 Å². The molecule has 1 aliphatic carbocycles. The first-order valence-corrected chi connectivity index (χ1v) is 21.1. The quantitative estimate of drug-likeness (QED) is 0.161. The van der Waals surface area contributed by atoms with Crippen LogP contribution in [0.4, 0.5) is 0 Å². The molecular weight excluding hydrogens is 757 g/mol. The molecule has 2 aliphatic rings. The molecular formula is C57H38N4O. The Hall–Kier alpha value is -8.15. The van der Waals surface area contributed by atoms with E-state index >= 15 is 0 Å². The van der Waals surface area contributed by atoms with Gasteiger partial charge in [0.25, 0.3) is 0 Å². The highest BCUT2D eigenvalue weighted by atomic mass is 16.5. The van der Waals surface area contributed by atoms with E-state index in [9.17, 15) is 0 Å². The summed E-state index contributed by atoms with van der Waals surface area (Å²) in [5, 5.41) is 1.18. The molecule has 0 N–H and O–H groups in total. The number of nitrogens with zero attached hydrogens (tertiary/aromatic N) is 4. The second kappa shape index (κ2) is 14.8. The third-order valence-corrected chi connectivity index (χ3v) is 12.2. The minimum Gasteiger partial charge on any atom is -0.484 e. The highest BCUT2D eigenvalue weighted by Gasteiger charge is 2.41. The lowest BCUT2D eigenvalue weighted by Gasteiger charge is -2.22. The van der Waals surface area contributed by atoms with Gasteiger partial charge in [0.1, 0.15) is 11.9 Å². The molecule has 10 aromatic rings.